The highest BCUT2D eigenvalue weighted by Crippen LogP contribution is 2.40. The number of likely N-dealkylation sites (tertiary alicyclic amines) is 1. The Labute approximate surface area is 92.6 Å². The van der Waals surface area contributed by atoms with Crippen LogP contribution in [-0.4, -0.2) is 41.3 Å². The van der Waals surface area contributed by atoms with Gasteiger partial charge in [-0.15, -0.1) is 0 Å². The Bertz CT molecular complexity index is 218. The zero-order valence-corrected chi connectivity index (χ0v) is 9.78. The van der Waals surface area contributed by atoms with Crippen molar-refractivity contribution in [3.8, 4) is 0 Å². The molecule has 1 saturated heterocycles. The maximum Gasteiger partial charge on any atom is 0.0923 e. The SMILES string of the molecule is CCC1CCCN1CC(O)(CN)C1CC1. The van der Waals surface area contributed by atoms with E-state index in [1.165, 1.54) is 32.1 Å². The number of hydrogen-bond donors (Lipinski definition) is 2. The van der Waals surface area contributed by atoms with Crippen LogP contribution in [0.4, 0.5) is 0 Å². The van der Waals surface area contributed by atoms with Crippen LogP contribution in [0.5, 0.6) is 0 Å². The smallest absolute Gasteiger partial charge is 0.0923 e. The molecule has 0 aromatic carbocycles. The first-order chi connectivity index (χ1) is 7.19. The summed E-state index contributed by atoms with van der Waals surface area (Å²) in [5.41, 5.74) is 5.14. The standard InChI is InChI=1S/C12H24N2O/c1-2-11-4-3-7-14(11)9-12(15,8-13)10-5-6-10/h10-11,15H,2-9,13H2,1H3. The van der Waals surface area contributed by atoms with Crippen molar-refractivity contribution in [2.24, 2.45) is 11.7 Å². The van der Waals surface area contributed by atoms with Crippen molar-refractivity contribution in [1.29, 1.82) is 0 Å². The third kappa shape index (κ3) is 2.35. The molecule has 0 amide bonds. The van der Waals surface area contributed by atoms with E-state index in [1.54, 1.807) is 0 Å². The van der Waals surface area contributed by atoms with Crippen molar-refractivity contribution in [2.45, 2.75) is 50.7 Å². The predicted octanol–water partition coefficient (Wildman–Crippen LogP) is 0.961. The first-order valence-corrected chi connectivity index (χ1v) is 6.36. The molecule has 3 N–H and O–H groups in total. The van der Waals surface area contributed by atoms with Crippen LogP contribution in [0, 0.1) is 5.92 Å². The molecule has 0 aromatic heterocycles. The maximum atomic E-state index is 10.5. The zero-order valence-electron chi connectivity index (χ0n) is 9.78. The average Bonchev–Trinajstić information content (AvgIpc) is 3.01. The van der Waals surface area contributed by atoms with E-state index in [-0.39, 0.29) is 0 Å². The number of hydrogen-bond acceptors (Lipinski definition) is 3. The van der Waals surface area contributed by atoms with Crippen LogP contribution >= 0.6 is 0 Å². The van der Waals surface area contributed by atoms with Gasteiger partial charge in [-0.05, 0) is 44.6 Å². The number of nitrogens with two attached hydrogens (primary N) is 1. The summed E-state index contributed by atoms with van der Waals surface area (Å²) in [5, 5.41) is 10.5. The summed E-state index contributed by atoms with van der Waals surface area (Å²) in [5.74, 6) is 0.473. The molecule has 2 atom stereocenters. The van der Waals surface area contributed by atoms with Crippen molar-refractivity contribution in [1.82, 2.24) is 4.90 Å². The minimum Gasteiger partial charge on any atom is -0.387 e. The third-order valence-electron chi connectivity index (χ3n) is 4.14. The Hall–Kier alpha value is -0.120. The van der Waals surface area contributed by atoms with Crippen molar-refractivity contribution in [3.05, 3.63) is 0 Å². The quantitative estimate of drug-likeness (QED) is 0.713. The molecular formula is C12H24N2O. The molecule has 88 valence electrons. The van der Waals surface area contributed by atoms with E-state index >= 15 is 0 Å². The van der Waals surface area contributed by atoms with Gasteiger partial charge in [0.2, 0.25) is 0 Å². The summed E-state index contributed by atoms with van der Waals surface area (Å²) >= 11 is 0. The van der Waals surface area contributed by atoms with E-state index in [0.29, 0.717) is 18.5 Å². The van der Waals surface area contributed by atoms with Crippen LogP contribution in [0.15, 0.2) is 0 Å². The Morgan fingerprint density at radius 2 is 2.13 bits per heavy atom. The van der Waals surface area contributed by atoms with Gasteiger partial charge in [0.25, 0.3) is 0 Å². The topological polar surface area (TPSA) is 49.5 Å². The average molecular weight is 212 g/mol. The van der Waals surface area contributed by atoms with E-state index in [9.17, 15) is 5.11 Å². The van der Waals surface area contributed by atoms with Gasteiger partial charge in [0.1, 0.15) is 0 Å². The fourth-order valence-corrected chi connectivity index (χ4v) is 2.90. The molecule has 2 rings (SSSR count). The van der Waals surface area contributed by atoms with Gasteiger partial charge in [0.15, 0.2) is 0 Å². The molecule has 1 aliphatic heterocycles. The largest absolute Gasteiger partial charge is 0.387 e. The lowest BCUT2D eigenvalue weighted by Crippen LogP contribution is -2.51. The van der Waals surface area contributed by atoms with E-state index < -0.39 is 5.60 Å². The highest BCUT2D eigenvalue weighted by molar-refractivity contribution is 4.99. The highest BCUT2D eigenvalue weighted by atomic mass is 16.3. The fraction of sp³-hybridized carbons (Fsp3) is 1.00. The molecule has 3 nitrogen and oxygen atoms in total. The van der Waals surface area contributed by atoms with Gasteiger partial charge in [0, 0.05) is 19.1 Å². The van der Waals surface area contributed by atoms with Gasteiger partial charge in [-0.25, -0.2) is 0 Å². The lowest BCUT2D eigenvalue weighted by Gasteiger charge is -2.34. The van der Waals surface area contributed by atoms with E-state index in [1.807, 2.05) is 0 Å². The van der Waals surface area contributed by atoms with E-state index in [2.05, 4.69) is 11.8 Å². The van der Waals surface area contributed by atoms with Crippen LogP contribution in [0.3, 0.4) is 0 Å². The van der Waals surface area contributed by atoms with Crippen molar-refractivity contribution in [2.75, 3.05) is 19.6 Å². The molecule has 2 aliphatic rings. The van der Waals surface area contributed by atoms with Crippen molar-refractivity contribution < 1.29 is 5.11 Å². The summed E-state index contributed by atoms with van der Waals surface area (Å²) in [4.78, 5) is 2.45. The molecule has 1 heterocycles. The monoisotopic (exact) mass is 212 g/mol. The van der Waals surface area contributed by atoms with Crippen molar-refractivity contribution in [3.63, 3.8) is 0 Å². The molecule has 0 radical (unpaired) electrons. The van der Waals surface area contributed by atoms with Crippen LogP contribution in [0.25, 0.3) is 0 Å². The molecule has 3 heteroatoms. The summed E-state index contributed by atoms with van der Waals surface area (Å²) in [6.45, 7) is 4.60. The summed E-state index contributed by atoms with van der Waals surface area (Å²) in [6.07, 6.45) is 6.10. The Morgan fingerprint density at radius 3 is 2.67 bits per heavy atom. The van der Waals surface area contributed by atoms with Crippen LogP contribution in [-0.2, 0) is 0 Å². The molecule has 1 aliphatic carbocycles. The van der Waals surface area contributed by atoms with Gasteiger partial charge < -0.3 is 10.8 Å². The van der Waals surface area contributed by atoms with Crippen LogP contribution in [0.1, 0.15) is 39.0 Å². The molecule has 15 heavy (non-hydrogen) atoms. The minimum atomic E-state index is -0.599. The first kappa shape index (κ1) is 11.4. The Morgan fingerprint density at radius 1 is 1.40 bits per heavy atom. The summed E-state index contributed by atoms with van der Waals surface area (Å²) < 4.78 is 0. The lowest BCUT2D eigenvalue weighted by atomic mass is 9.96. The number of β-amino-alcohol motifs (C(OH)–C–C–N with tert-alkyl or cyclic N) is 1. The molecule has 0 aromatic rings. The first-order valence-electron chi connectivity index (χ1n) is 6.36. The van der Waals surface area contributed by atoms with Crippen LogP contribution < -0.4 is 5.73 Å². The van der Waals surface area contributed by atoms with Gasteiger partial charge in [-0.1, -0.05) is 6.92 Å². The molecule has 2 unspecified atom stereocenters. The van der Waals surface area contributed by atoms with Crippen LogP contribution in [0.2, 0.25) is 0 Å². The molecule has 2 fully saturated rings. The van der Waals surface area contributed by atoms with Gasteiger partial charge in [-0.3, -0.25) is 4.90 Å². The highest BCUT2D eigenvalue weighted by Gasteiger charge is 2.44. The minimum absolute atomic E-state index is 0.421. The third-order valence-corrected chi connectivity index (χ3v) is 4.14. The summed E-state index contributed by atoms with van der Waals surface area (Å²) in [7, 11) is 0. The van der Waals surface area contributed by atoms with E-state index in [4.69, 9.17) is 5.73 Å². The van der Waals surface area contributed by atoms with Gasteiger partial charge in [0.05, 0.1) is 5.60 Å². The lowest BCUT2D eigenvalue weighted by molar-refractivity contribution is -0.0118. The number of aliphatic hydroxyl groups is 1. The molecule has 1 saturated carbocycles. The predicted molar refractivity (Wildman–Crippen MR) is 61.6 cm³/mol. The normalized spacial score (nSPS) is 31.8. The number of nitrogens with zero attached hydrogens (tertiary/aromatic N) is 1. The summed E-state index contributed by atoms with van der Waals surface area (Å²) in [6, 6.07) is 0.682. The van der Waals surface area contributed by atoms with Gasteiger partial charge in [-0.2, -0.15) is 0 Å². The second-order valence-electron chi connectivity index (χ2n) is 5.26. The molecule has 0 bridgehead atoms. The second-order valence-corrected chi connectivity index (χ2v) is 5.26. The maximum absolute atomic E-state index is 10.5. The van der Waals surface area contributed by atoms with Crippen molar-refractivity contribution >= 4 is 0 Å². The Kier molecular flexibility index (Phi) is 3.33. The second kappa shape index (κ2) is 4.40. The molecular weight excluding hydrogens is 188 g/mol. The molecule has 0 spiro atoms. The zero-order chi connectivity index (χ0) is 10.9. The van der Waals surface area contributed by atoms with Gasteiger partial charge >= 0.3 is 0 Å². The number of rotatable bonds is 5. The van der Waals surface area contributed by atoms with E-state index in [0.717, 1.165) is 13.1 Å². The fourth-order valence-electron chi connectivity index (χ4n) is 2.90. The Balaban J connectivity index is 1.93.